The van der Waals surface area contributed by atoms with Crippen LogP contribution in [0.2, 0.25) is 0 Å². The Hall–Kier alpha value is -0.620. The normalized spacial score (nSPS) is 15.4. The molecule has 2 aromatic rings. The minimum absolute atomic E-state index is 0.168. The standard InChI is InChI=1S/C20H30BrFN3OPS/c1-6-27(5)20(3,4)28(26)24-15(2)8-7-9-19-18(21)14-23-25(19)17-12-10-16(22)11-13-17/h10-15,24H,6-9H2,1-5H3. The summed E-state index contributed by atoms with van der Waals surface area (Å²) in [6, 6.07) is 6.50. The van der Waals surface area contributed by atoms with Crippen molar-refractivity contribution in [3.63, 3.8) is 0 Å². The van der Waals surface area contributed by atoms with E-state index in [-0.39, 0.29) is 24.3 Å². The first-order chi connectivity index (χ1) is 13.2. The highest BCUT2D eigenvalue weighted by molar-refractivity contribution is 9.10. The van der Waals surface area contributed by atoms with Gasteiger partial charge in [-0.2, -0.15) is 5.10 Å². The molecule has 0 aliphatic heterocycles. The summed E-state index contributed by atoms with van der Waals surface area (Å²) in [7, 11) is -1.33. The van der Waals surface area contributed by atoms with Gasteiger partial charge in [-0.25, -0.2) is 18.0 Å². The molecule has 1 aromatic heterocycles. The molecule has 0 saturated heterocycles. The van der Waals surface area contributed by atoms with Gasteiger partial charge in [-0.05, 0) is 93.1 Å². The van der Waals surface area contributed by atoms with Crippen LogP contribution in [0.3, 0.4) is 0 Å². The van der Waals surface area contributed by atoms with Crippen molar-refractivity contribution in [2.45, 2.75) is 57.5 Å². The third-order valence-electron chi connectivity index (χ3n) is 5.10. The van der Waals surface area contributed by atoms with Gasteiger partial charge in [0.25, 0.3) is 0 Å². The predicted molar refractivity (Wildman–Crippen MR) is 122 cm³/mol. The Bertz CT molecular complexity index is 797. The molecule has 1 N–H and O–H groups in total. The van der Waals surface area contributed by atoms with E-state index in [9.17, 15) is 8.60 Å². The van der Waals surface area contributed by atoms with Crippen LogP contribution in [0.4, 0.5) is 4.39 Å². The molecular formula is C20H30BrFN3OPS. The highest BCUT2D eigenvalue weighted by atomic mass is 79.9. The fourth-order valence-electron chi connectivity index (χ4n) is 2.87. The second-order valence-corrected chi connectivity index (χ2v) is 13.6. The molecule has 1 aromatic carbocycles. The number of halogens is 2. The third-order valence-corrected chi connectivity index (χ3v) is 11.5. The molecule has 0 spiro atoms. The van der Waals surface area contributed by atoms with Gasteiger partial charge in [0, 0.05) is 6.04 Å². The maximum absolute atomic E-state index is 13.2. The second-order valence-electron chi connectivity index (χ2n) is 7.47. The van der Waals surface area contributed by atoms with Crippen molar-refractivity contribution < 1.29 is 8.60 Å². The van der Waals surface area contributed by atoms with Crippen molar-refractivity contribution in [2.24, 2.45) is 0 Å². The summed E-state index contributed by atoms with van der Waals surface area (Å²) in [5, 5.41) is 4.41. The van der Waals surface area contributed by atoms with E-state index < -0.39 is 11.0 Å². The fourth-order valence-corrected chi connectivity index (χ4v) is 6.54. The Balaban J connectivity index is 1.94. The van der Waals surface area contributed by atoms with Crippen molar-refractivity contribution >= 4 is 34.8 Å². The molecule has 0 fully saturated rings. The monoisotopic (exact) mass is 489 g/mol. The average molecular weight is 490 g/mol. The lowest BCUT2D eigenvalue weighted by atomic mass is 10.1. The minimum atomic E-state index is -1.05. The van der Waals surface area contributed by atoms with Crippen LogP contribution in [0, 0.1) is 5.82 Å². The number of rotatable bonds is 10. The van der Waals surface area contributed by atoms with E-state index in [1.807, 2.05) is 4.68 Å². The summed E-state index contributed by atoms with van der Waals surface area (Å²) < 4.78 is 31.8. The molecular weight excluding hydrogens is 460 g/mol. The average Bonchev–Trinajstić information content (AvgIpc) is 3.02. The molecule has 3 unspecified atom stereocenters. The van der Waals surface area contributed by atoms with E-state index in [0.29, 0.717) is 0 Å². The highest BCUT2D eigenvalue weighted by Crippen LogP contribution is 2.47. The van der Waals surface area contributed by atoms with Crippen molar-refractivity contribution in [3.8, 4) is 5.69 Å². The first-order valence-electron chi connectivity index (χ1n) is 9.54. The van der Waals surface area contributed by atoms with E-state index in [4.69, 9.17) is 0 Å². The van der Waals surface area contributed by atoms with E-state index in [1.165, 1.54) is 12.1 Å². The van der Waals surface area contributed by atoms with Crippen molar-refractivity contribution in [1.82, 2.24) is 14.5 Å². The number of benzene rings is 1. The molecule has 0 aliphatic carbocycles. The van der Waals surface area contributed by atoms with Crippen molar-refractivity contribution in [3.05, 3.63) is 46.4 Å². The summed E-state index contributed by atoms with van der Waals surface area (Å²) in [5.41, 5.74) is 1.90. The lowest BCUT2D eigenvalue weighted by Crippen LogP contribution is -2.39. The van der Waals surface area contributed by atoms with Crippen LogP contribution < -0.4 is 4.72 Å². The Labute approximate surface area is 180 Å². The SMILES string of the molecule is CCP(C)C(C)(C)S(=O)NC(C)CCCc1c(Br)cnn1-c1ccc(F)cc1. The van der Waals surface area contributed by atoms with Crippen LogP contribution in [0.5, 0.6) is 0 Å². The molecule has 1 heterocycles. The number of nitrogens with zero attached hydrogens (tertiary/aromatic N) is 2. The third kappa shape index (κ3) is 5.94. The Morgan fingerprint density at radius 1 is 1.36 bits per heavy atom. The molecule has 28 heavy (non-hydrogen) atoms. The minimum Gasteiger partial charge on any atom is -0.242 e. The van der Waals surface area contributed by atoms with Gasteiger partial charge in [-0.1, -0.05) is 14.8 Å². The fraction of sp³-hybridized carbons (Fsp3) is 0.550. The summed E-state index contributed by atoms with van der Waals surface area (Å²) in [4.78, 5) is 0. The summed E-state index contributed by atoms with van der Waals surface area (Å²) in [6.07, 6.45) is 5.52. The molecule has 4 nitrogen and oxygen atoms in total. The van der Waals surface area contributed by atoms with Gasteiger partial charge in [0.05, 0.1) is 26.5 Å². The van der Waals surface area contributed by atoms with Crippen LogP contribution in [-0.4, -0.2) is 37.3 Å². The quantitative estimate of drug-likeness (QED) is 0.441. The van der Waals surface area contributed by atoms with Gasteiger partial charge in [-0.3, -0.25) is 0 Å². The zero-order valence-electron chi connectivity index (χ0n) is 17.2. The van der Waals surface area contributed by atoms with Crippen LogP contribution in [0.15, 0.2) is 34.9 Å². The lowest BCUT2D eigenvalue weighted by molar-refractivity contribution is 0.565. The van der Waals surface area contributed by atoms with Gasteiger partial charge in [-0.15, -0.1) is 0 Å². The summed E-state index contributed by atoms with van der Waals surface area (Å²) in [6.45, 7) is 10.7. The smallest absolute Gasteiger partial charge is 0.123 e. The van der Waals surface area contributed by atoms with E-state index in [0.717, 1.165) is 41.3 Å². The number of hydrogen-bond acceptors (Lipinski definition) is 2. The van der Waals surface area contributed by atoms with Gasteiger partial charge in [0.15, 0.2) is 0 Å². The number of aromatic nitrogens is 2. The summed E-state index contributed by atoms with van der Waals surface area (Å²) in [5.74, 6) is -0.258. The Morgan fingerprint density at radius 3 is 2.61 bits per heavy atom. The summed E-state index contributed by atoms with van der Waals surface area (Å²) >= 11 is 3.57. The Kier molecular flexibility index (Phi) is 8.80. The van der Waals surface area contributed by atoms with Gasteiger partial charge >= 0.3 is 0 Å². The molecule has 2 rings (SSSR count). The molecule has 0 bridgehead atoms. The molecule has 0 radical (unpaired) electrons. The maximum Gasteiger partial charge on any atom is 0.123 e. The molecule has 8 heteroatoms. The van der Waals surface area contributed by atoms with Gasteiger partial charge in [0.1, 0.15) is 16.8 Å². The second kappa shape index (κ2) is 10.4. The van der Waals surface area contributed by atoms with E-state index in [1.54, 1.807) is 18.3 Å². The van der Waals surface area contributed by atoms with Crippen LogP contribution in [-0.2, 0) is 17.4 Å². The lowest BCUT2D eigenvalue weighted by Gasteiger charge is -2.32. The largest absolute Gasteiger partial charge is 0.242 e. The first-order valence-corrected chi connectivity index (χ1v) is 13.5. The predicted octanol–water partition coefficient (Wildman–Crippen LogP) is 5.61. The van der Waals surface area contributed by atoms with Crippen LogP contribution in [0.1, 0.15) is 46.2 Å². The van der Waals surface area contributed by atoms with E-state index in [2.05, 4.69) is 60.1 Å². The molecule has 0 saturated carbocycles. The first kappa shape index (κ1) is 23.7. The molecule has 156 valence electrons. The van der Waals surface area contributed by atoms with E-state index >= 15 is 0 Å². The topological polar surface area (TPSA) is 46.9 Å². The van der Waals surface area contributed by atoms with Crippen molar-refractivity contribution in [2.75, 3.05) is 12.8 Å². The number of nitrogens with one attached hydrogen (secondary N) is 1. The van der Waals surface area contributed by atoms with Crippen molar-refractivity contribution in [1.29, 1.82) is 0 Å². The molecule has 0 aliphatic rings. The zero-order chi connectivity index (χ0) is 20.9. The molecule has 0 amide bonds. The highest BCUT2D eigenvalue weighted by Gasteiger charge is 2.32. The zero-order valence-corrected chi connectivity index (χ0v) is 20.5. The van der Waals surface area contributed by atoms with Gasteiger partial charge in [0.2, 0.25) is 0 Å². The maximum atomic E-state index is 13.2. The molecule has 3 atom stereocenters. The Morgan fingerprint density at radius 2 is 2.00 bits per heavy atom. The van der Waals surface area contributed by atoms with Gasteiger partial charge < -0.3 is 0 Å². The number of hydrogen-bond donors (Lipinski definition) is 1. The van der Waals surface area contributed by atoms with Crippen LogP contribution in [0.25, 0.3) is 5.69 Å². The van der Waals surface area contributed by atoms with Crippen LogP contribution >= 0.6 is 23.9 Å².